The van der Waals surface area contributed by atoms with Gasteiger partial charge in [-0.3, -0.25) is 9.59 Å². The van der Waals surface area contributed by atoms with Crippen molar-refractivity contribution >= 4 is 17.5 Å². The van der Waals surface area contributed by atoms with Gasteiger partial charge in [0, 0.05) is 18.2 Å². The summed E-state index contributed by atoms with van der Waals surface area (Å²) in [6.07, 6.45) is 0.703. The molecule has 0 spiro atoms. The summed E-state index contributed by atoms with van der Waals surface area (Å²) in [5.74, 6) is -0.156. The van der Waals surface area contributed by atoms with Crippen LogP contribution in [0.1, 0.15) is 53.5 Å². The van der Waals surface area contributed by atoms with Gasteiger partial charge >= 0.3 is 0 Å². The Bertz CT molecular complexity index is 616. The molecule has 1 aromatic rings. The van der Waals surface area contributed by atoms with E-state index in [-0.39, 0.29) is 23.1 Å². The molecule has 23 heavy (non-hydrogen) atoms. The van der Waals surface area contributed by atoms with Gasteiger partial charge in [0.25, 0.3) is 0 Å². The Morgan fingerprint density at radius 2 is 1.83 bits per heavy atom. The summed E-state index contributed by atoms with van der Waals surface area (Å²) < 4.78 is 0. The SMILES string of the molecule is CC(C)C(=O)N1CCC1(C)C(=O)Nc1ccccc1C(C)(C)C. The van der Waals surface area contributed by atoms with Crippen molar-refractivity contribution in [2.75, 3.05) is 11.9 Å². The van der Waals surface area contributed by atoms with Crippen LogP contribution in [-0.4, -0.2) is 28.8 Å². The number of benzene rings is 1. The highest BCUT2D eigenvalue weighted by Gasteiger charge is 2.49. The van der Waals surface area contributed by atoms with Crippen LogP contribution in [0.15, 0.2) is 24.3 Å². The summed E-state index contributed by atoms with van der Waals surface area (Å²) in [6.45, 7) is 12.6. The van der Waals surface area contributed by atoms with E-state index in [1.54, 1.807) is 4.90 Å². The molecule has 1 atom stereocenters. The number of amides is 2. The zero-order chi connectivity index (χ0) is 17.4. The van der Waals surface area contributed by atoms with Crippen molar-refractivity contribution in [2.24, 2.45) is 5.92 Å². The largest absolute Gasteiger partial charge is 0.328 e. The Balaban J connectivity index is 2.22. The Morgan fingerprint density at radius 3 is 2.30 bits per heavy atom. The highest BCUT2D eigenvalue weighted by Crippen LogP contribution is 2.35. The molecule has 0 aliphatic carbocycles. The first-order valence-electron chi connectivity index (χ1n) is 8.30. The molecule has 1 aliphatic heterocycles. The van der Waals surface area contributed by atoms with E-state index in [1.807, 2.05) is 45.0 Å². The number of rotatable bonds is 3. The molecule has 1 fully saturated rings. The highest BCUT2D eigenvalue weighted by molar-refractivity contribution is 6.02. The Hall–Kier alpha value is -1.84. The van der Waals surface area contributed by atoms with Crippen molar-refractivity contribution in [3.8, 4) is 0 Å². The second-order valence-corrected chi connectivity index (χ2v) is 7.92. The molecule has 1 aliphatic rings. The Kier molecular flexibility index (Phi) is 4.56. The standard InChI is InChI=1S/C19H28N2O2/c1-13(2)16(22)21-12-11-19(21,6)17(23)20-15-10-8-7-9-14(15)18(3,4)5/h7-10,13H,11-12H2,1-6H3,(H,20,23). The molecule has 4 nitrogen and oxygen atoms in total. The van der Waals surface area contributed by atoms with Gasteiger partial charge in [-0.15, -0.1) is 0 Å². The molecule has 2 rings (SSSR count). The maximum atomic E-state index is 12.8. The highest BCUT2D eigenvalue weighted by atomic mass is 16.2. The fourth-order valence-electron chi connectivity index (χ4n) is 2.96. The van der Waals surface area contributed by atoms with Gasteiger partial charge in [-0.2, -0.15) is 0 Å². The minimum absolute atomic E-state index is 0.0398. The van der Waals surface area contributed by atoms with Gasteiger partial charge in [0.1, 0.15) is 5.54 Å². The van der Waals surface area contributed by atoms with E-state index in [1.165, 1.54) is 0 Å². The van der Waals surface area contributed by atoms with Crippen LogP contribution in [0.25, 0.3) is 0 Å². The normalized spacial score (nSPS) is 21.1. The van der Waals surface area contributed by atoms with Gasteiger partial charge in [-0.25, -0.2) is 0 Å². The van der Waals surface area contributed by atoms with Crippen molar-refractivity contribution in [3.63, 3.8) is 0 Å². The molecule has 4 heteroatoms. The zero-order valence-electron chi connectivity index (χ0n) is 15.1. The summed E-state index contributed by atoms with van der Waals surface area (Å²) in [5.41, 5.74) is 1.12. The first-order chi connectivity index (χ1) is 10.6. The molecule has 1 heterocycles. The van der Waals surface area contributed by atoms with Gasteiger partial charge < -0.3 is 10.2 Å². The van der Waals surface area contributed by atoms with Crippen LogP contribution in [-0.2, 0) is 15.0 Å². The number of hydrogen-bond donors (Lipinski definition) is 1. The van der Waals surface area contributed by atoms with Crippen LogP contribution in [0, 0.1) is 5.92 Å². The third kappa shape index (κ3) is 3.26. The molecule has 0 aromatic heterocycles. The zero-order valence-corrected chi connectivity index (χ0v) is 15.1. The van der Waals surface area contributed by atoms with Crippen LogP contribution in [0.5, 0.6) is 0 Å². The molecule has 126 valence electrons. The van der Waals surface area contributed by atoms with Crippen LogP contribution >= 0.6 is 0 Å². The summed E-state index contributed by atoms with van der Waals surface area (Å²) in [6, 6.07) is 7.87. The van der Waals surface area contributed by atoms with E-state index in [9.17, 15) is 9.59 Å². The van der Waals surface area contributed by atoms with E-state index in [2.05, 4.69) is 26.1 Å². The van der Waals surface area contributed by atoms with E-state index in [4.69, 9.17) is 0 Å². The predicted octanol–water partition coefficient (Wildman–Crippen LogP) is 3.57. The lowest BCUT2D eigenvalue weighted by Gasteiger charge is -2.49. The number of hydrogen-bond acceptors (Lipinski definition) is 2. The van der Waals surface area contributed by atoms with Crippen LogP contribution < -0.4 is 5.32 Å². The molecule has 0 radical (unpaired) electrons. The number of nitrogens with one attached hydrogen (secondary N) is 1. The van der Waals surface area contributed by atoms with Gasteiger partial charge in [0.2, 0.25) is 11.8 Å². The van der Waals surface area contributed by atoms with E-state index in [0.717, 1.165) is 11.3 Å². The summed E-state index contributed by atoms with van der Waals surface area (Å²) in [4.78, 5) is 26.8. The van der Waals surface area contributed by atoms with Crippen molar-refractivity contribution in [1.29, 1.82) is 0 Å². The molecule has 1 aromatic carbocycles. The lowest BCUT2D eigenvalue weighted by molar-refractivity contribution is -0.157. The fourth-order valence-corrected chi connectivity index (χ4v) is 2.96. The minimum atomic E-state index is -0.744. The summed E-state index contributed by atoms with van der Waals surface area (Å²) in [7, 11) is 0. The topological polar surface area (TPSA) is 49.4 Å². The Labute approximate surface area is 139 Å². The molecule has 1 unspecified atom stereocenters. The predicted molar refractivity (Wildman–Crippen MR) is 93.3 cm³/mol. The van der Waals surface area contributed by atoms with Crippen LogP contribution in [0.2, 0.25) is 0 Å². The smallest absolute Gasteiger partial charge is 0.250 e. The number of anilines is 1. The quantitative estimate of drug-likeness (QED) is 0.927. The number of carbonyl (C=O) groups excluding carboxylic acids is 2. The molecule has 2 amide bonds. The molecular weight excluding hydrogens is 288 g/mol. The maximum absolute atomic E-state index is 12.8. The first-order valence-corrected chi connectivity index (χ1v) is 8.30. The fraction of sp³-hybridized carbons (Fsp3) is 0.579. The lowest BCUT2D eigenvalue weighted by Crippen LogP contribution is -2.66. The van der Waals surface area contributed by atoms with E-state index in [0.29, 0.717) is 13.0 Å². The third-order valence-electron chi connectivity index (χ3n) is 4.65. The summed E-state index contributed by atoms with van der Waals surface area (Å²) >= 11 is 0. The molecule has 0 bridgehead atoms. The van der Waals surface area contributed by atoms with Gasteiger partial charge in [0.05, 0.1) is 0 Å². The molecule has 0 saturated carbocycles. The van der Waals surface area contributed by atoms with Crippen molar-refractivity contribution in [3.05, 3.63) is 29.8 Å². The van der Waals surface area contributed by atoms with Gasteiger partial charge in [0.15, 0.2) is 0 Å². The number of carbonyl (C=O) groups is 2. The van der Waals surface area contributed by atoms with Gasteiger partial charge in [-0.1, -0.05) is 52.8 Å². The van der Waals surface area contributed by atoms with Crippen molar-refractivity contribution in [1.82, 2.24) is 4.90 Å². The molecule has 1 N–H and O–H groups in total. The lowest BCUT2D eigenvalue weighted by atomic mass is 9.83. The second kappa shape index (κ2) is 5.99. The number of likely N-dealkylation sites (tertiary alicyclic amines) is 1. The average Bonchev–Trinajstić information content (AvgIpc) is 2.44. The van der Waals surface area contributed by atoms with E-state index >= 15 is 0 Å². The Morgan fingerprint density at radius 1 is 1.22 bits per heavy atom. The van der Waals surface area contributed by atoms with Crippen LogP contribution in [0.4, 0.5) is 5.69 Å². The third-order valence-corrected chi connectivity index (χ3v) is 4.65. The second-order valence-electron chi connectivity index (χ2n) is 7.92. The van der Waals surface area contributed by atoms with Crippen LogP contribution in [0.3, 0.4) is 0 Å². The number of nitrogens with zero attached hydrogens (tertiary/aromatic N) is 1. The average molecular weight is 316 g/mol. The summed E-state index contributed by atoms with van der Waals surface area (Å²) in [5, 5.41) is 3.05. The monoisotopic (exact) mass is 316 g/mol. The number of para-hydroxylation sites is 1. The van der Waals surface area contributed by atoms with Crippen molar-refractivity contribution in [2.45, 2.75) is 58.9 Å². The molecule has 1 saturated heterocycles. The van der Waals surface area contributed by atoms with E-state index < -0.39 is 5.54 Å². The maximum Gasteiger partial charge on any atom is 0.250 e. The van der Waals surface area contributed by atoms with Crippen molar-refractivity contribution < 1.29 is 9.59 Å². The first kappa shape index (κ1) is 17.5. The minimum Gasteiger partial charge on any atom is -0.328 e. The van der Waals surface area contributed by atoms with Gasteiger partial charge in [-0.05, 0) is 30.4 Å². The molecular formula is C19H28N2O2.